The third-order valence-electron chi connectivity index (χ3n) is 0.516. The van der Waals surface area contributed by atoms with E-state index in [0.717, 1.165) is 0 Å². The van der Waals surface area contributed by atoms with Gasteiger partial charge in [-0.1, -0.05) is 20.8 Å². The monoisotopic (exact) mass is 95.1 g/mol. The summed E-state index contributed by atoms with van der Waals surface area (Å²) in [7, 11) is 0. The molecule has 0 unspecified atom stereocenters. The zero-order chi connectivity index (χ0) is 5.91. The summed E-state index contributed by atoms with van der Waals surface area (Å²) in [5.74, 6) is 2.48. The molecule has 0 heterocycles. The summed E-state index contributed by atoms with van der Waals surface area (Å²) < 4.78 is 0. The second-order valence-electron chi connectivity index (χ2n) is 2.68. The first-order valence-corrected chi connectivity index (χ1v) is 2.37. The Kier molecular flexibility index (Phi) is 1.90. The second-order valence-corrected chi connectivity index (χ2v) is 2.68. The molecule has 1 radical (unpaired) electrons. The van der Waals surface area contributed by atoms with E-state index in [4.69, 9.17) is 6.42 Å². The van der Waals surface area contributed by atoms with Crippen LogP contribution in [0.5, 0.6) is 0 Å². The van der Waals surface area contributed by atoms with E-state index < -0.39 is 0 Å². The number of terminal acetylenes is 1. The summed E-state index contributed by atoms with van der Waals surface area (Å²) in [5.41, 5.74) is 0.189. The van der Waals surface area contributed by atoms with Gasteiger partial charge in [-0.05, 0) is 5.41 Å². The lowest BCUT2D eigenvalue weighted by Crippen LogP contribution is -2.02. The predicted octanol–water partition coefficient (Wildman–Crippen LogP) is 1.87. The summed E-state index contributed by atoms with van der Waals surface area (Å²) in [5, 5.41) is 0. The highest BCUT2D eigenvalue weighted by Crippen LogP contribution is 2.15. The summed E-state index contributed by atoms with van der Waals surface area (Å²) >= 11 is 0. The molecule has 0 bridgehead atoms. The first-order chi connectivity index (χ1) is 3.06. The van der Waals surface area contributed by atoms with Crippen LogP contribution in [0.25, 0.3) is 0 Å². The van der Waals surface area contributed by atoms with Gasteiger partial charge in [0, 0.05) is 6.42 Å². The molecule has 0 nitrogen and oxygen atoms in total. The third-order valence-corrected chi connectivity index (χ3v) is 0.516. The van der Waals surface area contributed by atoms with Gasteiger partial charge in [0.2, 0.25) is 0 Å². The molecular weight excluding hydrogens is 84.1 g/mol. The standard InChI is InChI=1S/C7H11/c1-5-6-7(2,3)4/h1,6H,2-4H3. The van der Waals surface area contributed by atoms with Crippen LogP contribution in [-0.4, -0.2) is 0 Å². The van der Waals surface area contributed by atoms with Crippen molar-refractivity contribution in [2.24, 2.45) is 5.41 Å². The molecule has 0 aromatic heterocycles. The summed E-state index contributed by atoms with van der Waals surface area (Å²) in [4.78, 5) is 0. The molecule has 0 N–H and O–H groups in total. The average molecular weight is 95.2 g/mol. The van der Waals surface area contributed by atoms with E-state index in [1.807, 2.05) is 6.42 Å². The molecule has 0 saturated carbocycles. The molecule has 0 aliphatic carbocycles. The molecule has 39 valence electrons. The maximum atomic E-state index is 5.01. The second kappa shape index (κ2) is 2.02. The van der Waals surface area contributed by atoms with Crippen molar-refractivity contribution in [2.45, 2.75) is 20.8 Å². The molecule has 0 aliphatic heterocycles. The molecule has 0 fully saturated rings. The highest BCUT2D eigenvalue weighted by molar-refractivity contribution is 5.06. The zero-order valence-electron chi connectivity index (χ0n) is 5.15. The SMILES string of the molecule is C#C[CH]C(C)(C)C. The van der Waals surface area contributed by atoms with Gasteiger partial charge in [0.15, 0.2) is 0 Å². The van der Waals surface area contributed by atoms with Crippen molar-refractivity contribution in [3.63, 3.8) is 0 Å². The Bertz CT molecular complexity index is 77.2. The van der Waals surface area contributed by atoms with E-state index in [2.05, 4.69) is 26.7 Å². The minimum atomic E-state index is 0.189. The lowest BCUT2D eigenvalue weighted by atomic mass is 9.93. The molecule has 7 heavy (non-hydrogen) atoms. The molecule has 0 spiro atoms. The van der Waals surface area contributed by atoms with Crippen LogP contribution in [0.3, 0.4) is 0 Å². The van der Waals surface area contributed by atoms with Gasteiger partial charge in [0.05, 0.1) is 0 Å². The quantitative estimate of drug-likeness (QED) is 0.403. The lowest BCUT2D eigenvalue weighted by Gasteiger charge is -2.11. The van der Waals surface area contributed by atoms with Crippen LogP contribution in [0.15, 0.2) is 0 Å². The van der Waals surface area contributed by atoms with Gasteiger partial charge in [-0.25, -0.2) is 0 Å². The predicted molar refractivity (Wildman–Crippen MR) is 32.6 cm³/mol. The fourth-order valence-electron chi connectivity index (χ4n) is 0.250. The smallest absolute Gasteiger partial charge is 0.0391 e. The van der Waals surface area contributed by atoms with E-state index in [1.54, 1.807) is 0 Å². The van der Waals surface area contributed by atoms with Crippen LogP contribution < -0.4 is 0 Å². The van der Waals surface area contributed by atoms with E-state index in [9.17, 15) is 0 Å². The Balaban J connectivity index is 3.40. The molecule has 0 aromatic carbocycles. The van der Waals surface area contributed by atoms with Crippen molar-refractivity contribution in [2.75, 3.05) is 0 Å². The van der Waals surface area contributed by atoms with Crippen LogP contribution in [0, 0.1) is 24.2 Å². The Hall–Kier alpha value is -0.440. The van der Waals surface area contributed by atoms with Crippen LogP contribution in [-0.2, 0) is 0 Å². The molecule has 0 heteroatoms. The highest BCUT2D eigenvalue weighted by atomic mass is 14.1. The van der Waals surface area contributed by atoms with Gasteiger partial charge < -0.3 is 0 Å². The Morgan fingerprint density at radius 3 is 1.86 bits per heavy atom. The van der Waals surface area contributed by atoms with Crippen LogP contribution in [0.1, 0.15) is 20.8 Å². The summed E-state index contributed by atoms with van der Waals surface area (Å²) in [6, 6.07) is 0. The fourth-order valence-corrected chi connectivity index (χ4v) is 0.250. The molecular formula is C7H11. The van der Waals surface area contributed by atoms with Crippen molar-refractivity contribution in [1.29, 1.82) is 0 Å². The normalized spacial score (nSPS) is 10.6. The zero-order valence-corrected chi connectivity index (χ0v) is 5.15. The Morgan fingerprint density at radius 2 is 1.86 bits per heavy atom. The van der Waals surface area contributed by atoms with E-state index in [0.29, 0.717) is 0 Å². The first-order valence-electron chi connectivity index (χ1n) is 2.37. The molecule has 0 saturated heterocycles. The van der Waals surface area contributed by atoms with E-state index in [-0.39, 0.29) is 5.41 Å². The van der Waals surface area contributed by atoms with Crippen molar-refractivity contribution in [3.8, 4) is 12.3 Å². The van der Waals surface area contributed by atoms with E-state index in [1.165, 1.54) is 0 Å². The third kappa shape index (κ3) is 5.56. The maximum absolute atomic E-state index is 5.01. The maximum Gasteiger partial charge on any atom is 0.0391 e. The molecule has 0 rings (SSSR count). The van der Waals surface area contributed by atoms with Crippen molar-refractivity contribution >= 4 is 0 Å². The molecule has 0 amide bonds. The Labute approximate surface area is 45.9 Å². The minimum Gasteiger partial charge on any atom is -0.120 e. The van der Waals surface area contributed by atoms with Gasteiger partial charge in [0.1, 0.15) is 0 Å². The largest absolute Gasteiger partial charge is 0.120 e. The van der Waals surface area contributed by atoms with E-state index >= 15 is 0 Å². The number of hydrogen-bond acceptors (Lipinski definition) is 0. The number of rotatable bonds is 0. The lowest BCUT2D eigenvalue weighted by molar-refractivity contribution is 0.514. The molecule has 0 aromatic rings. The Morgan fingerprint density at radius 1 is 1.43 bits per heavy atom. The first kappa shape index (κ1) is 6.56. The van der Waals surface area contributed by atoms with Crippen molar-refractivity contribution in [3.05, 3.63) is 6.42 Å². The van der Waals surface area contributed by atoms with Crippen molar-refractivity contribution < 1.29 is 0 Å². The number of hydrogen-bond donors (Lipinski definition) is 0. The van der Waals surface area contributed by atoms with Gasteiger partial charge in [-0.15, -0.1) is 12.3 Å². The average Bonchev–Trinajstić information content (AvgIpc) is 1.30. The fraction of sp³-hybridized carbons (Fsp3) is 0.571. The summed E-state index contributed by atoms with van der Waals surface area (Å²) in [6.45, 7) is 6.23. The van der Waals surface area contributed by atoms with Gasteiger partial charge in [-0.2, -0.15) is 0 Å². The highest BCUT2D eigenvalue weighted by Gasteiger charge is 2.06. The van der Waals surface area contributed by atoms with Crippen molar-refractivity contribution in [1.82, 2.24) is 0 Å². The van der Waals surface area contributed by atoms with Crippen LogP contribution in [0.4, 0.5) is 0 Å². The van der Waals surface area contributed by atoms with Gasteiger partial charge in [0.25, 0.3) is 0 Å². The van der Waals surface area contributed by atoms with Gasteiger partial charge in [-0.3, -0.25) is 0 Å². The summed E-state index contributed by atoms with van der Waals surface area (Å²) in [6.07, 6.45) is 6.85. The topological polar surface area (TPSA) is 0 Å². The van der Waals surface area contributed by atoms with Crippen LogP contribution in [0.2, 0.25) is 0 Å². The molecule has 0 aliphatic rings. The van der Waals surface area contributed by atoms with Crippen LogP contribution >= 0.6 is 0 Å². The van der Waals surface area contributed by atoms with Gasteiger partial charge >= 0.3 is 0 Å². The molecule has 0 atom stereocenters. The minimum absolute atomic E-state index is 0.189.